The van der Waals surface area contributed by atoms with E-state index in [0.29, 0.717) is 0 Å². The summed E-state index contributed by atoms with van der Waals surface area (Å²) < 4.78 is 1.13. The predicted molar refractivity (Wildman–Crippen MR) is 71.7 cm³/mol. The van der Waals surface area contributed by atoms with Gasteiger partial charge < -0.3 is 10.3 Å². The molecule has 0 saturated carbocycles. The molecule has 0 amide bonds. The maximum Gasteiger partial charge on any atom is 0.126 e. The number of nitrogens with zero attached hydrogens (tertiary/aromatic N) is 1. The Bertz CT molecular complexity index is 487. The Morgan fingerprint density at radius 3 is 2.75 bits per heavy atom. The number of nitrogens with one attached hydrogen (secondary N) is 2. The number of rotatable bonds is 3. The zero-order chi connectivity index (χ0) is 11.8. The molecule has 2 aromatic heterocycles. The monoisotopic (exact) mass is 299 g/mol. The van der Waals surface area contributed by atoms with Crippen molar-refractivity contribution >= 4 is 27.3 Å². The molecule has 0 aliphatic rings. The average molecular weight is 300 g/mol. The van der Waals surface area contributed by atoms with Crippen LogP contribution in [0.15, 0.2) is 22.1 Å². The predicted octanol–water partition coefficient (Wildman–Crippen LogP) is 3.36. The molecule has 2 N–H and O–H groups in total. The highest BCUT2D eigenvalue weighted by Crippen LogP contribution is 2.31. The highest BCUT2D eigenvalue weighted by Gasteiger charge is 2.21. The highest BCUT2D eigenvalue weighted by molar-refractivity contribution is 9.11. The maximum absolute atomic E-state index is 4.42. The van der Waals surface area contributed by atoms with Crippen molar-refractivity contribution in [2.75, 3.05) is 7.05 Å². The summed E-state index contributed by atoms with van der Waals surface area (Å²) in [5.74, 6) is 0.953. The number of hydrogen-bond acceptors (Lipinski definition) is 3. The van der Waals surface area contributed by atoms with Gasteiger partial charge in [-0.2, -0.15) is 0 Å². The van der Waals surface area contributed by atoms with E-state index in [4.69, 9.17) is 0 Å². The van der Waals surface area contributed by atoms with Crippen molar-refractivity contribution in [2.45, 2.75) is 19.4 Å². The molecule has 0 saturated heterocycles. The lowest BCUT2D eigenvalue weighted by atomic mass is 10.1. The zero-order valence-corrected chi connectivity index (χ0v) is 11.9. The Morgan fingerprint density at radius 2 is 2.19 bits per heavy atom. The van der Waals surface area contributed by atoms with Crippen molar-refractivity contribution in [1.29, 1.82) is 0 Å². The topological polar surface area (TPSA) is 40.7 Å². The summed E-state index contributed by atoms with van der Waals surface area (Å²) in [7, 11) is 1.93. The molecule has 86 valence electrons. The van der Waals surface area contributed by atoms with E-state index >= 15 is 0 Å². The first-order valence-corrected chi connectivity index (χ1v) is 6.64. The van der Waals surface area contributed by atoms with Gasteiger partial charge in [0.1, 0.15) is 5.82 Å². The number of H-pyrrole nitrogens is 1. The lowest BCUT2D eigenvalue weighted by Crippen LogP contribution is -2.34. The maximum atomic E-state index is 4.42. The van der Waals surface area contributed by atoms with Crippen LogP contribution in [0.25, 0.3) is 10.6 Å². The molecule has 0 aliphatic carbocycles. The zero-order valence-electron chi connectivity index (χ0n) is 9.47. The number of hydrogen-bond donors (Lipinski definition) is 2. The Hall–Kier alpha value is -0.650. The van der Waals surface area contributed by atoms with Crippen molar-refractivity contribution in [3.63, 3.8) is 0 Å². The first-order valence-electron chi connectivity index (χ1n) is 5.03. The van der Waals surface area contributed by atoms with E-state index in [2.05, 4.69) is 51.1 Å². The average Bonchev–Trinajstić information content (AvgIpc) is 2.85. The molecule has 0 aliphatic heterocycles. The lowest BCUT2D eigenvalue weighted by molar-refractivity contribution is 0.421. The van der Waals surface area contributed by atoms with Gasteiger partial charge in [0.25, 0.3) is 0 Å². The van der Waals surface area contributed by atoms with Crippen LogP contribution in [-0.4, -0.2) is 17.0 Å². The van der Waals surface area contributed by atoms with Crippen LogP contribution in [-0.2, 0) is 5.54 Å². The molecule has 2 heterocycles. The smallest absolute Gasteiger partial charge is 0.126 e. The van der Waals surface area contributed by atoms with Gasteiger partial charge in [0.2, 0.25) is 0 Å². The molecule has 0 unspecified atom stereocenters. The molecule has 0 fully saturated rings. The second-order valence-electron chi connectivity index (χ2n) is 4.12. The lowest BCUT2D eigenvalue weighted by Gasteiger charge is -2.20. The van der Waals surface area contributed by atoms with E-state index in [9.17, 15) is 0 Å². The minimum Gasteiger partial charge on any atom is -0.340 e. The Morgan fingerprint density at radius 1 is 1.44 bits per heavy atom. The molecule has 2 aromatic rings. The van der Waals surface area contributed by atoms with Crippen molar-refractivity contribution in [3.05, 3.63) is 27.9 Å². The van der Waals surface area contributed by atoms with E-state index in [-0.39, 0.29) is 5.54 Å². The van der Waals surface area contributed by atoms with Crippen LogP contribution in [0, 0.1) is 0 Å². The molecule has 3 nitrogen and oxygen atoms in total. The third kappa shape index (κ3) is 2.21. The number of halogens is 1. The first-order chi connectivity index (χ1) is 7.53. The highest BCUT2D eigenvalue weighted by atomic mass is 79.9. The van der Waals surface area contributed by atoms with Gasteiger partial charge in [-0.15, -0.1) is 11.3 Å². The van der Waals surface area contributed by atoms with E-state index < -0.39 is 0 Å². The molecule has 2 rings (SSSR count). The van der Waals surface area contributed by atoms with Gasteiger partial charge in [0, 0.05) is 0 Å². The van der Waals surface area contributed by atoms with Crippen molar-refractivity contribution in [2.24, 2.45) is 0 Å². The van der Waals surface area contributed by atoms with Crippen LogP contribution >= 0.6 is 27.3 Å². The number of thiophene rings is 1. The number of imidazole rings is 1. The minimum atomic E-state index is -0.132. The van der Waals surface area contributed by atoms with Crippen LogP contribution in [0.2, 0.25) is 0 Å². The van der Waals surface area contributed by atoms with Gasteiger partial charge in [-0.05, 0) is 49.0 Å². The van der Waals surface area contributed by atoms with Gasteiger partial charge in [0.15, 0.2) is 0 Å². The Kier molecular flexibility index (Phi) is 3.19. The number of aromatic nitrogens is 2. The summed E-state index contributed by atoms with van der Waals surface area (Å²) in [6.07, 6.45) is 1.88. The normalized spacial score (nSPS) is 12.0. The molecule has 5 heteroatoms. The van der Waals surface area contributed by atoms with Crippen molar-refractivity contribution < 1.29 is 0 Å². The third-order valence-electron chi connectivity index (χ3n) is 2.63. The minimum absolute atomic E-state index is 0.132. The summed E-state index contributed by atoms with van der Waals surface area (Å²) in [4.78, 5) is 8.96. The summed E-state index contributed by atoms with van der Waals surface area (Å²) in [5.41, 5.74) is 0.932. The van der Waals surface area contributed by atoms with Crippen molar-refractivity contribution in [3.8, 4) is 10.6 Å². The second-order valence-corrected chi connectivity index (χ2v) is 6.59. The van der Waals surface area contributed by atoms with Crippen molar-refractivity contribution in [1.82, 2.24) is 15.3 Å². The van der Waals surface area contributed by atoms with Gasteiger partial charge in [-0.25, -0.2) is 4.98 Å². The SMILES string of the molecule is CNC(C)(C)c1ncc(-c2ccc(Br)s2)[nH]1. The Labute approximate surface area is 107 Å². The fourth-order valence-electron chi connectivity index (χ4n) is 1.34. The second kappa shape index (κ2) is 4.31. The van der Waals surface area contributed by atoms with Gasteiger partial charge in [-0.3, -0.25) is 0 Å². The first kappa shape index (κ1) is 11.8. The van der Waals surface area contributed by atoms with Gasteiger partial charge in [0.05, 0.1) is 26.1 Å². The fraction of sp³-hybridized carbons (Fsp3) is 0.364. The van der Waals surface area contributed by atoms with Crippen LogP contribution in [0.1, 0.15) is 19.7 Å². The molecule has 0 atom stereocenters. The van der Waals surface area contributed by atoms with E-state index in [1.54, 1.807) is 11.3 Å². The van der Waals surface area contributed by atoms with E-state index in [1.807, 2.05) is 19.3 Å². The van der Waals surface area contributed by atoms with E-state index in [1.165, 1.54) is 4.88 Å². The van der Waals surface area contributed by atoms with Gasteiger partial charge in [-0.1, -0.05) is 0 Å². The number of aromatic amines is 1. The van der Waals surface area contributed by atoms with E-state index in [0.717, 1.165) is 15.3 Å². The fourth-order valence-corrected chi connectivity index (χ4v) is 2.69. The molecule has 0 aromatic carbocycles. The molecule has 16 heavy (non-hydrogen) atoms. The van der Waals surface area contributed by atoms with Crippen LogP contribution in [0.5, 0.6) is 0 Å². The summed E-state index contributed by atoms with van der Waals surface area (Å²) in [5, 5.41) is 3.23. The van der Waals surface area contributed by atoms with Crippen LogP contribution in [0.3, 0.4) is 0 Å². The van der Waals surface area contributed by atoms with Crippen LogP contribution < -0.4 is 5.32 Å². The molecule has 0 radical (unpaired) electrons. The summed E-state index contributed by atoms with van der Waals surface area (Å²) in [6.45, 7) is 4.19. The summed E-state index contributed by atoms with van der Waals surface area (Å²) in [6, 6.07) is 4.13. The molecular weight excluding hydrogens is 286 g/mol. The van der Waals surface area contributed by atoms with Crippen LogP contribution in [0.4, 0.5) is 0 Å². The molecule has 0 bridgehead atoms. The standard InChI is InChI=1S/C11H14BrN3S/c1-11(2,13-3)10-14-6-7(15-10)8-4-5-9(12)16-8/h4-6,13H,1-3H3,(H,14,15). The molecule has 0 spiro atoms. The Balaban J connectivity index is 2.33. The van der Waals surface area contributed by atoms with Gasteiger partial charge >= 0.3 is 0 Å². The third-order valence-corrected chi connectivity index (χ3v) is 4.29. The largest absolute Gasteiger partial charge is 0.340 e. The quantitative estimate of drug-likeness (QED) is 0.912. The summed E-state index contributed by atoms with van der Waals surface area (Å²) >= 11 is 5.16. The molecular formula is C11H14BrN3S.